The third-order valence-corrected chi connectivity index (χ3v) is 5.33. The van der Waals surface area contributed by atoms with Gasteiger partial charge in [-0.15, -0.1) is 11.3 Å². The van der Waals surface area contributed by atoms with Crippen LogP contribution >= 0.6 is 11.3 Å². The molecule has 0 aromatic carbocycles. The van der Waals surface area contributed by atoms with E-state index in [-0.39, 0.29) is 43.8 Å². The van der Waals surface area contributed by atoms with Crippen molar-refractivity contribution in [1.82, 2.24) is 15.1 Å². The Labute approximate surface area is 148 Å². The number of carbonyl (C=O) groups excluding carboxylic acids is 2. The van der Waals surface area contributed by atoms with Crippen LogP contribution in [0, 0.1) is 5.92 Å². The van der Waals surface area contributed by atoms with Crippen LogP contribution in [0.2, 0.25) is 0 Å². The predicted octanol–water partition coefficient (Wildman–Crippen LogP) is 2.27. The molecule has 1 aliphatic heterocycles. The predicted molar refractivity (Wildman–Crippen MR) is 89.1 cm³/mol. The molecule has 1 fully saturated rings. The minimum atomic E-state index is -4.85. The third-order valence-electron chi connectivity index (χ3n) is 4.36. The minimum Gasteiger partial charge on any atom is -0.354 e. The fourth-order valence-corrected chi connectivity index (χ4v) is 3.81. The van der Waals surface area contributed by atoms with Gasteiger partial charge in [0.05, 0.1) is 6.04 Å². The smallest absolute Gasteiger partial charge is 0.354 e. The molecule has 0 bridgehead atoms. The van der Waals surface area contributed by atoms with E-state index in [1.54, 1.807) is 11.3 Å². The number of hydrogen-bond acceptors (Lipinski definition) is 4. The summed E-state index contributed by atoms with van der Waals surface area (Å²) in [5, 5.41) is 4.87. The van der Waals surface area contributed by atoms with Crippen LogP contribution in [-0.2, 0) is 9.59 Å². The molecule has 0 spiro atoms. The average molecular weight is 377 g/mol. The maximum atomic E-state index is 12.4. The molecule has 1 saturated heterocycles. The highest BCUT2D eigenvalue weighted by Gasteiger charge is 2.43. The number of nitrogens with zero attached hydrogens (tertiary/aromatic N) is 2. The molecule has 0 aliphatic carbocycles. The Kier molecular flexibility index (Phi) is 6.45. The normalized spacial score (nSPS) is 17.6. The summed E-state index contributed by atoms with van der Waals surface area (Å²) >= 11 is 1.61. The number of thiophene rings is 1. The molecule has 1 aliphatic rings. The Morgan fingerprint density at radius 1 is 1.36 bits per heavy atom. The maximum absolute atomic E-state index is 12.4. The van der Waals surface area contributed by atoms with Gasteiger partial charge in [-0.2, -0.15) is 13.2 Å². The molecule has 2 rings (SSSR count). The fraction of sp³-hybridized carbons (Fsp3) is 0.625. The zero-order chi connectivity index (χ0) is 18.6. The van der Waals surface area contributed by atoms with Crippen molar-refractivity contribution in [1.29, 1.82) is 0 Å². The molecule has 2 amide bonds. The Balaban J connectivity index is 1.83. The summed E-state index contributed by atoms with van der Waals surface area (Å²) in [6.45, 7) is 0.352. The number of carbonyl (C=O) groups is 2. The Morgan fingerprint density at radius 3 is 2.48 bits per heavy atom. The van der Waals surface area contributed by atoms with Gasteiger partial charge in [0, 0.05) is 30.4 Å². The summed E-state index contributed by atoms with van der Waals surface area (Å²) in [7, 11) is 3.86. The summed E-state index contributed by atoms with van der Waals surface area (Å²) in [5.74, 6) is -2.34. The topological polar surface area (TPSA) is 52.7 Å². The van der Waals surface area contributed by atoms with E-state index in [0.29, 0.717) is 6.54 Å². The monoisotopic (exact) mass is 377 g/mol. The van der Waals surface area contributed by atoms with Crippen molar-refractivity contribution < 1.29 is 22.8 Å². The van der Waals surface area contributed by atoms with Gasteiger partial charge < -0.3 is 15.1 Å². The Morgan fingerprint density at radius 2 is 2.00 bits per heavy atom. The number of nitrogens with one attached hydrogen (secondary N) is 1. The first-order valence-corrected chi connectivity index (χ1v) is 8.91. The van der Waals surface area contributed by atoms with Gasteiger partial charge in [0.15, 0.2) is 0 Å². The van der Waals surface area contributed by atoms with Crippen LogP contribution in [0.3, 0.4) is 0 Å². The second-order valence-electron chi connectivity index (χ2n) is 6.30. The standard InChI is InChI=1S/C16H22F3N3O2S/c1-21(2)12(13-4-3-9-25-13)10-20-14(23)11-5-7-22(8-6-11)15(24)16(17,18)19/h3-4,9,11-12H,5-8,10H2,1-2H3,(H,20,23). The van der Waals surface area contributed by atoms with Crippen molar-refractivity contribution in [2.24, 2.45) is 5.92 Å². The average Bonchev–Trinajstić information content (AvgIpc) is 3.07. The molecule has 1 N–H and O–H groups in total. The third kappa shape index (κ3) is 5.18. The molecule has 5 nitrogen and oxygen atoms in total. The SMILES string of the molecule is CN(C)C(CNC(=O)C1CCN(C(=O)C(F)(F)F)CC1)c1cccs1. The Bertz CT molecular complexity index is 582. The molecule has 2 heterocycles. The lowest BCUT2D eigenvalue weighted by Crippen LogP contribution is -2.48. The molecule has 1 aromatic rings. The van der Waals surface area contributed by atoms with Crippen LogP contribution in [0.25, 0.3) is 0 Å². The molecule has 0 saturated carbocycles. The first kappa shape index (κ1) is 19.7. The fourth-order valence-electron chi connectivity index (χ4n) is 2.88. The van der Waals surface area contributed by atoms with Crippen molar-refractivity contribution in [2.75, 3.05) is 33.7 Å². The summed E-state index contributed by atoms with van der Waals surface area (Å²) in [6, 6.07) is 4.00. The van der Waals surface area contributed by atoms with Gasteiger partial charge in [-0.25, -0.2) is 0 Å². The zero-order valence-corrected chi connectivity index (χ0v) is 15.0. The second kappa shape index (κ2) is 8.18. The molecule has 1 aromatic heterocycles. The summed E-state index contributed by atoms with van der Waals surface area (Å²) in [4.78, 5) is 27.5. The number of piperidine rings is 1. The van der Waals surface area contributed by atoms with E-state index in [1.807, 2.05) is 36.5 Å². The van der Waals surface area contributed by atoms with Gasteiger partial charge in [0.2, 0.25) is 5.91 Å². The minimum absolute atomic E-state index is 0.0432. The van der Waals surface area contributed by atoms with Crippen LogP contribution in [0.4, 0.5) is 13.2 Å². The van der Waals surface area contributed by atoms with E-state index in [1.165, 1.54) is 0 Å². The molecule has 25 heavy (non-hydrogen) atoms. The van der Waals surface area contributed by atoms with Gasteiger partial charge >= 0.3 is 12.1 Å². The number of halogens is 3. The number of alkyl halides is 3. The molecule has 9 heteroatoms. The quantitative estimate of drug-likeness (QED) is 0.857. The number of amides is 2. The van der Waals surface area contributed by atoms with Crippen LogP contribution in [-0.4, -0.2) is 61.5 Å². The van der Waals surface area contributed by atoms with Crippen LogP contribution < -0.4 is 5.32 Å². The molecular formula is C16H22F3N3O2S. The summed E-state index contributed by atoms with van der Waals surface area (Å²) in [5.41, 5.74) is 0. The number of likely N-dealkylation sites (tertiary alicyclic amines) is 1. The summed E-state index contributed by atoms with van der Waals surface area (Å²) < 4.78 is 37.3. The number of rotatable bonds is 5. The van der Waals surface area contributed by atoms with E-state index in [2.05, 4.69) is 5.32 Å². The maximum Gasteiger partial charge on any atom is 0.471 e. The van der Waals surface area contributed by atoms with Gasteiger partial charge in [-0.3, -0.25) is 9.59 Å². The van der Waals surface area contributed by atoms with Crippen molar-refractivity contribution in [3.05, 3.63) is 22.4 Å². The lowest BCUT2D eigenvalue weighted by molar-refractivity contribution is -0.186. The van der Waals surface area contributed by atoms with E-state index >= 15 is 0 Å². The van der Waals surface area contributed by atoms with Gasteiger partial charge in [-0.1, -0.05) is 6.07 Å². The zero-order valence-electron chi connectivity index (χ0n) is 14.2. The number of likely N-dealkylation sites (N-methyl/N-ethyl adjacent to an activating group) is 1. The van der Waals surface area contributed by atoms with Crippen LogP contribution in [0.1, 0.15) is 23.8 Å². The van der Waals surface area contributed by atoms with E-state index in [9.17, 15) is 22.8 Å². The van der Waals surface area contributed by atoms with Crippen molar-refractivity contribution >= 4 is 23.2 Å². The number of hydrogen-bond donors (Lipinski definition) is 1. The van der Waals surface area contributed by atoms with Crippen molar-refractivity contribution in [3.63, 3.8) is 0 Å². The van der Waals surface area contributed by atoms with E-state index < -0.39 is 12.1 Å². The highest BCUT2D eigenvalue weighted by atomic mass is 32.1. The molecular weight excluding hydrogens is 355 g/mol. The first-order chi connectivity index (χ1) is 11.7. The van der Waals surface area contributed by atoms with E-state index in [0.717, 1.165) is 9.78 Å². The molecule has 1 unspecified atom stereocenters. The lowest BCUT2D eigenvalue weighted by Gasteiger charge is -2.32. The van der Waals surface area contributed by atoms with Crippen molar-refractivity contribution in [2.45, 2.75) is 25.1 Å². The van der Waals surface area contributed by atoms with Gasteiger partial charge in [0.1, 0.15) is 0 Å². The molecule has 0 radical (unpaired) electrons. The Hall–Kier alpha value is -1.61. The van der Waals surface area contributed by atoms with Gasteiger partial charge in [-0.05, 0) is 38.4 Å². The highest BCUT2D eigenvalue weighted by Crippen LogP contribution is 2.25. The second-order valence-corrected chi connectivity index (χ2v) is 7.28. The molecule has 1 atom stereocenters. The first-order valence-electron chi connectivity index (χ1n) is 8.03. The van der Waals surface area contributed by atoms with Crippen LogP contribution in [0.5, 0.6) is 0 Å². The van der Waals surface area contributed by atoms with Gasteiger partial charge in [0.25, 0.3) is 0 Å². The molecule has 140 valence electrons. The lowest BCUT2D eigenvalue weighted by atomic mass is 9.95. The largest absolute Gasteiger partial charge is 0.471 e. The summed E-state index contributed by atoms with van der Waals surface area (Å²) in [6.07, 6.45) is -4.35. The van der Waals surface area contributed by atoms with Crippen molar-refractivity contribution in [3.8, 4) is 0 Å². The van der Waals surface area contributed by atoms with Crippen LogP contribution in [0.15, 0.2) is 17.5 Å². The highest BCUT2D eigenvalue weighted by molar-refractivity contribution is 7.10. The van der Waals surface area contributed by atoms with E-state index in [4.69, 9.17) is 0 Å².